The molecule has 0 spiro atoms. The van der Waals surface area contributed by atoms with E-state index in [1.807, 2.05) is 0 Å². The summed E-state index contributed by atoms with van der Waals surface area (Å²) in [6, 6.07) is 2.39. The lowest BCUT2D eigenvalue weighted by atomic mass is 9.75. The van der Waals surface area contributed by atoms with Gasteiger partial charge >= 0.3 is 0 Å². The second kappa shape index (κ2) is 5.94. The van der Waals surface area contributed by atoms with Gasteiger partial charge in [-0.1, -0.05) is 6.92 Å². The van der Waals surface area contributed by atoms with E-state index in [1.54, 1.807) is 16.7 Å². The quantitative estimate of drug-likeness (QED) is 0.920. The van der Waals surface area contributed by atoms with E-state index in [4.69, 9.17) is 4.74 Å². The van der Waals surface area contributed by atoms with Crippen LogP contribution in [0, 0.1) is 11.8 Å². The summed E-state index contributed by atoms with van der Waals surface area (Å²) in [5.41, 5.74) is 6.39. The van der Waals surface area contributed by atoms with Gasteiger partial charge in [0.1, 0.15) is 12.4 Å². The van der Waals surface area contributed by atoms with Crippen LogP contribution < -0.4 is 15.0 Å². The smallest absolute Gasteiger partial charge is 0.143 e. The first-order valence-electron chi connectivity index (χ1n) is 10.1. The van der Waals surface area contributed by atoms with Crippen molar-refractivity contribution >= 4 is 5.69 Å². The van der Waals surface area contributed by atoms with Crippen LogP contribution in [0.1, 0.15) is 55.2 Å². The summed E-state index contributed by atoms with van der Waals surface area (Å²) < 4.78 is 6.17. The molecule has 0 bridgehead atoms. The molecule has 2 heterocycles. The molecular weight excluding hydrogens is 296 g/mol. The van der Waals surface area contributed by atoms with E-state index < -0.39 is 0 Å². The average molecular weight is 326 g/mol. The summed E-state index contributed by atoms with van der Waals surface area (Å²) >= 11 is 0. The fourth-order valence-electron chi connectivity index (χ4n) is 5.18. The van der Waals surface area contributed by atoms with Gasteiger partial charge in [-0.25, -0.2) is 0 Å². The Morgan fingerprint density at radius 1 is 1.21 bits per heavy atom. The number of hydrogen-bond acceptors (Lipinski definition) is 3. The van der Waals surface area contributed by atoms with Crippen molar-refractivity contribution < 1.29 is 4.74 Å². The maximum Gasteiger partial charge on any atom is 0.143 e. The van der Waals surface area contributed by atoms with Gasteiger partial charge in [0.25, 0.3) is 0 Å². The predicted molar refractivity (Wildman–Crippen MR) is 98.3 cm³/mol. The summed E-state index contributed by atoms with van der Waals surface area (Å²) in [7, 11) is 0. The predicted octanol–water partition coefficient (Wildman–Crippen LogP) is 3.50. The van der Waals surface area contributed by atoms with Crippen LogP contribution in [-0.2, 0) is 12.8 Å². The van der Waals surface area contributed by atoms with Crippen molar-refractivity contribution in [3.05, 3.63) is 22.8 Å². The van der Waals surface area contributed by atoms with Crippen LogP contribution >= 0.6 is 0 Å². The van der Waals surface area contributed by atoms with E-state index in [9.17, 15) is 0 Å². The largest absolute Gasteiger partial charge is 0.490 e. The Morgan fingerprint density at radius 2 is 2.04 bits per heavy atom. The van der Waals surface area contributed by atoms with Crippen LogP contribution in [0.5, 0.6) is 5.75 Å². The minimum Gasteiger partial charge on any atom is -0.490 e. The zero-order valence-corrected chi connectivity index (χ0v) is 14.9. The van der Waals surface area contributed by atoms with Gasteiger partial charge in [-0.3, -0.25) is 0 Å². The fraction of sp³-hybridized carbons (Fsp3) is 0.714. The summed E-state index contributed by atoms with van der Waals surface area (Å²) in [6.45, 7) is 7.82. The number of benzene rings is 1. The number of rotatable bonds is 3. The van der Waals surface area contributed by atoms with Gasteiger partial charge in [0.2, 0.25) is 0 Å². The lowest BCUT2D eigenvalue weighted by Gasteiger charge is -2.41. The van der Waals surface area contributed by atoms with Crippen LogP contribution in [0.3, 0.4) is 0 Å². The Bertz CT molecular complexity index is 631. The van der Waals surface area contributed by atoms with Crippen molar-refractivity contribution in [3.8, 4) is 5.75 Å². The third kappa shape index (κ3) is 2.61. The molecule has 24 heavy (non-hydrogen) atoms. The van der Waals surface area contributed by atoms with Crippen molar-refractivity contribution in [2.75, 3.05) is 37.7 Å². The van der Waals surface area contributed by atoms with E-state index in [-0.39, 0.29) is 0 Å². The molecule has 0 atom stereocenters. The van der Waals surface area contributed by atoms with Crippen LogP contribution in [0.4, 0.5) is 5.69 Å². The molecule has 3 nitrogen and oxygen atoms in total. The number of ether oxygens (including phenoxy) is 1. The molecule has 130 valence electrons. The Kier molecular flexibility index (Phi) is 3.73. The first kappa shape index (κ1) is 15.1. The maximum atomic E-state index is 6.17. The van der Waals surface area contributed by atoms with E-state index in [0.29, 0.717) is 0 Å². The van der Waals surface area contributed by atoms with Crippen LogP contribution in [0.25, 0.3) is 0 Å². The molecule has 4 aliphatic rings. The highest BCUT2D eigenvalue weighted by Crippen LogP contribution is 2.52. The Labute approximate surface area is 145 Å². The molecule has 2 aliphatic heterocycles. The van der Waals surface area contributed by atoms with Gasteiger partial charge in [-0.05, 0) is 92.1 Å². The Morgan fingerprint density at radius 3 is 2.83 bits per heavy atom. The molecule has 0 radical (unpaired) electrons. The van der Waals surface area contributed by atoms with Gasteiger partial charge in [0.15, 0.2) is 0 Å². The van der Waals surface area contributed by atoms with Crippen LogP contribution in [0.2, 0.25) is 0 Å². The Balaban J connectivity index is 1.55. The molecule has 1 N–H and O–H groups in total. The fourth-order valence-corrected chi connectivity index (χ4v) is 5.18. The second-order valence-electron chi connectivity index (χ2n) is 8.54. The normalized spacial score (nSPS) is 29.1. The number of nitrogens with one attached hydrogen (secondary N) is 1. The van der Waals surface area contributed by atoms with E-state index in [2.05, 4.69) is 23.2 Å². The minimum atomic E-state index is 0.802. The number of hydrogen-bond donors (Lipinski definition) is 1. The monoisotopic (exact) mass is 326 g/mol. The van der Waals surface area contributed by atoms with Crippen molar-refractivity contribution in [2.45, 2.75) is 51.4 Å². The highest BCUT2D eigenvalue weighted by Gasteiger charge is 2.37. The second-order valence-corrected chi connectivity index (χ2v) is 8.54. The van der Waals surface area contributed by atoms with Gasteiger partial charge in [-0.2, -0.15) is 0 Å². The molecule has 1 aromatic rings. The van der Waals surface area contributed by atoms with Gasteiger partial charge in [0.05, 0.1) is 12.2 Å². The first-order valence-corrected chi connectivity index (χ1v) is 10.1. The standard InChI is InChI=1S/C21H30N2O/c1-14-10-15(11-14)13-23-8-9-24-19-12-17-4-6-22-7-5-18(17)20(21(19)23)16-2-3-16/h12,14-16,22H,2-11,13H2,1H3. The summed E-state index contributed by atoms with van der Waals surface area (Å²) in [4.78, 5) is 2.70. The zero-order chi connectivity index (χ0) is 16.1. The summed E-state index contributed by atoms with van der Waals surface area (Å²) in [5, 5.41) is 3.58. The molecule has 2 saturated carbocycles. The number of anilines is 1. The van der Waals surface area contributed by atoms with Crippen molar-refractivity contribution in [2.24, 2.45) is 11.8 Å². The van der Waals surface area contributed by atoms with Crippen molar-refractivity contribution in [3.63, 3.8) is 0 Å². The summed E-state index contributed by atoms with van der Waals surface area (Å²) in [5.74, 6) is 3.84. The SMILES string of the molecule is CC1CC(CN2CCOc3cc4c(c(C5CC5)c32)CCNCC4)C1. The molecule has 0 aromatic heterocycles. The summed E-state index contributed by atoms with van der Waals surface area (Å²) in [6.07, 6.45) is 7.95. The molecule has 2 fully saturated rings. The first-order chi connectivity index (χ1) is 11.8. The highest BCUT2D eigenvalue weighted by atomic mass is 16.5. The van der Waals surface area contributed by atoms with E-state index in [1.165, 1.54) is 50.1 Å². The average Bonchev–Trinajstić information content (AvgIpc) is 3.38. The highest BCUT2D eigenvalue weighted by molar-refractivity contribution is 5.71. The molecule has 5 rings (SSSR count). The van der Waals surface area contributed by atoms with Crippen molar-refractivity contribution in [1.29, 1.82) is 0 Å². The molecule has 0 saturated heterocycles. The van der Waals surface area contributed by atoms with E-state index >= 15 is 0 Å². The lowest BCUT2D eigenvalue weighted by Crippen LogP contribution is -2.40. The van der Waals surface area contributed by atoms with Gasteiger partial charge < -0.3 is 15.0 Å². The molecule has 3 heteroatoms. The van der Waals surface area contributed by atoms with Gasteiger partial charge in [0, 0.05) is 6.54 Å². The van der Waals surface area contributed by atoms with E-state index in [0.717, 1.165) is 50.4 Å². The Hall–Kier alpha value is -1.22. The number of nitrogens with zero attached hydrogens (tertiary/aromatic N) is 1. The third-order valence-electron chi connectivity index (χ3n) is 6.50. The van der Waals surface area contributed by atoms with Crippen molar-refractivity contribution in [1.82, 2.24) is 5.32 Å². The molecule has 0 amide bonds. The number of fused-ring (bicyclic) bond motifs is 2. The molecular formula is C21H30N2O. The minimum absolute atomic E-state index is 0.802. The van der Waals surface area contributed by atoms with Crippen LogP contribution in [-0.4, -0.2) is 32.8 Å². The maximum absolute atomic E-state index is 6.17. The molecule has 1 aromatic carbocycles. The molecule has 2 aliphatic carbocycles. The molecule has 0 unspecified atom stereocenters. The lowest BCUT2D eigenvalue weighted by molar-refractivity contribution is 0.209. The topological polar surface area (TPSA) is 24.5 Å². The third-order valence-corrected chi connectivity index (χ3v) is 6.50. The zero-order valence-electron chi connectivity index (χ0n) is 14.9. The van der Waals surface area contributed by atoms with Gasteiger partial charge in [-0.15, -0.1) is 0 Å². The van der Waals surface area contributed by atoms with Crippen LogP contribution in [0.15, 0.2) is 6.07 Å².